The molecule has 0 saturated carbocycles. The molecule has 0 amide bonds. The van der Waals surface area contributed by atoms with Gasteiger partial charge in [0, 0.05) is 29.7 Å². The number of benzene rings is 2. The highest BCUT2D eigenvalue weighted by molar-refractivity contribution is 6.30. The number of hydrogen-bond donors (Lipinski definition) is 1. The van der Waals surface area contributed by atoms with Crippen LogP contribution in [0.15, 0.2) is 48.5 Å². The second-order valence-electron chi connectivity index (χ2n) is 5.65. The fourth-order valence-electron chi connectivity index (χ4n) is 3.19. The van der Waals surface area contributed by atoms with Crippen LogP contribution in [0, 0.1) is 0 Å². The lowest BCUT2D eigenvalue weighted by Crippen LogP contribution is -2.21. The molecule has 0 aromatic heterocycles. The predicted molar refractivity (Wildman–Crippen MR) is 90.2 cm³/mol. The van der Waals surface area contributed by atoms with Gasteiger partial charge in [0.15, 0.2) is 0 Å². The first kappa shape index (κ1) is 14.4. The van der Waals surface area contributed by atoms with Crippen LogP contribution in [0.25, 0.3) is 0 Å². The third-order valence-electron chi connectivity index (χ3n) is 4.26. The molecular weight excluding hydrogens is 280 g/mol. The zero-order valence-electron chi connectivity index (χ0n) is 12.1. The number of nitrogens with two attached hydrogens (primary N) is 1. The van der Waals surface area contributed by atoms with Gasteiger partial charge in [-0.2, -0.15) is 0 Å². The zero-order chi connectivity index (χ0) is 14.7. The second kappa shape index (κ2) is 6.50. The van der Waals surface area contributed by atoms with E-state index in [2.05, 4.69) is 47.4 Å². The fraction of sp³-hybridized carbons (Fsp3) is 0.333. The quantitative estimate of drug-likeness (QED) is 0.929. The Morgan fingerprint density at radius 2 is 1.95 bits per heavy atom. The van der Waals surface area contributed by atoms with Gasteiger partial charge in [-0.3, -0.25) is 0 Å². The number of halogens is 1. The highest BCUT2D eigenvalue weighted by Gasteiger charge is 2.25. The van der Waals surface area contributed by atoms with Crippen LogP contribution in [0.3, 0.4) is 0 Å². The van der Waals surface area contributed by atoms with Crippen LogP contribution in [-0.4, -0.2) is 19.6 Å². The van der Waals surface area contributed by atoms with E-state index in [1.54, 1.807) is 0 Å². The lowest BCUT2D eigenvalue weighted by Gasteiger charge is -2.22. The highest BCUT2D eigenvalue weighted by Crippen LogP contribution is 2.33. The molecule has 0 spiro atoms. The first-order valence-electron chi connectivity index (χ1n) is 7.56. The van der Waals surface area contributed by atoms with Crippen LogP contribution in [0.1, 0.15) is 23.5 Å². The molecule has 2 aromatic rings. The molecule has 110 valence electrons. The summed E-state index contributed by atoms with van der Waals surface area (Å²) in [5, 5.41) is 0.793. The third-order valence-corrected chi connectivity index (χ3v) is 4.49. The predicted octanol–water partition coefficient (Wildman–Crippen LogP) is 3.84. The van der Waals surface area contributed by atoms with Gasteiger partial charge in [0.05, 0.1) is 0 Å². The maximum atomic E-state index is 6.12. The van der Waals surface area contributed by atoms with Gasteiger partial charge in [0.1, 0.15) is 0 Å². The fourth-order valence-corrected chi connectivity index (χ4v) is 3.39. The highest BCUT2D eigenvalue weighted by atomic mass is 35.5. The number of anilines is 1. The summed E-state index contributed by atoms with van der Waals surface area (Å²) in [4.78, 5) is 2.47. The minimum absolute atomic E-state index is 0.618. The van der Waals surface area contributed by atoms with Gasteiger partial charge < -0.3 is 10.6 Å². The van der Waals surface area contributed by atoms with Crippen LogP contribution < -0.4 is 10.6 Å². The van der Waals surface area contributed by atoms with E-state index >= 15 is 0 Å². The molecular formula is C18H21ClN2. The van der Waals surface area contributed by atoms with E-state index in [4.69, 9.17) is 17.3 Å². The molecule has 21 heavy (non-hydrogen) atoms. The van der Waals surface area contributed by atoms with Gasteiger partial charge in [-0.15, -0.1) is 0 Å². The molecule has 3 rings (SSSR count). The van der Waals surface area contributed by atoms with E-state index in [-0.39, 0.29) is 0 Å². The van der Waals surface area contributed by atoms with E-state index in [1.807, 2.05) is 6.07 Å². The van der Waals surface area contributed by atoms with Crippen molar-refractivity contribution < 1.29 is 0 Å². The largest absolute Gasteiger partial charge is 0.371 e. The van der Waals surface area contributed by atoms with Gasteiger partial charge in [-0.1, -0.05) is 41.9 Å². The van der Waals surface area contributed by atoms with Crippen molar-refractivity contribution in [3.05, 3.63) is 64.7 Å². The summed E-state index contributed by atoms with van der Waals surface area (Å²) in [5.41, 5.74) is 9.73. The first-order chi connectivity index (χ1) is 10.3. The van der Waals surface area contributed by atoms with Crippen molar-refractivity contribution in [2.45, 2.75) is 18.8 Å². The van der Waals surface area contributed by atoms with Crippen molar-refractivity contribution in [3.63, 3.8) is 0 Å². The maximum absolute atomic E-state index is 6.12. The molecule has 2 nitrogen and oxygen atoms in total. The SMILES string of the molecule is NCCc1cc(Cl)ccc1N1CCC(c2ccccc2)C1. The van der Waals surface area contributed by atoms with Crippen molar-refractivity contribution in [1.82, 2.24) is 0 Å². The molecule has 1 heterocycles. The Hall–Kier alpha value is -1.51. The Morgan fingerprint density at radius 3 is 2.71 bits per heavy atom. The van der Waals surface area contributed by atoms with Crippen LogP contribution >= 0.6 is 11.6 Å². The lowest BCUT2D eigenvalue weighted by molar-refractivity contribution is 0.774. The van der Waals surface area contributed by atoms with Crippen LogP contribution in [-0.2, 0) is 6.42 Å². The van der Waals surface area contributed by atoms with E-state index in [0.29, 0.717) is 12.5 Å². The Kier molecular flexibility index (Phi) is 4.47. The molecule has 1 saturated heterocycles. The van der Waals surface area contributed by atoms with Crippen molar-refractivity contribution in [3.8, 4) is 0 Å². The molecule has 0 bridgehead atoms. The minimum atomic E-state index is 0.618. The zero-order valence-corrected chi connectivity index (χ0v) is 12.9. The number of nitrogens with zero attached hydrogens (tertiary/aromatic N) is 1. The Bertz CT molecular complexity index is 597. The summed E-state index contributed by atoms with van der Waals surface area (Å²) < 4.78 is 0. The van der Waals surface area contributed by atoms with Gasteiger partial charge in [-0.25, -0.2) is 0 Å². The van der Waals surface area contributed by atoms with Gasteiger partial charge in [0.2, 0.25) is 0 Å². The summed E-state index contributed by atoms with van der Waals surface area (Å²) in [5.74, 6) is 0.618. The molecule has 1 atom stereocenters. The summed E-state index contributed by atoms with van der Waals surface area (Å²) >= 11 is 6.12. The van der Waals surface area contributed by atoms with E-state index in [9.17, 15) is 0 Å². The van der Waals surface area contributed by atoms with E-state index in [1.165, 1.54) is 23.2 Å². The van der Waals surface area contributed by atoms with Gasteiger partial charge in [-0.05, 0) is 48.7 Å². The van der Waals surface area contributed by atoms with Crippen molar-refractivity contribution >= 4 is 17.3 Å². The van der Waals surface area contributed by atoms with Crippen molar-refractivity contribution in [2.24, 2.45) is 5.73 Å². The lowest BCUT2D eigenvalue weighted by atomic mass is 9.99. The standard InChI is InChI=1S/C18H21ClN2/c19-17-6-7-18(15(12-17)8-10-20)21-11-9-16(13-21)14-4-2-1-3-5-14/h1-7,12,16H,8-11,13,20H2. The molecule has 3 heteroatoms. The van der Waals surface area contributed by atoms with Crippen molar-refractivity contribution in [2.75, 3.05) is 24.5 Å². The summed E-state index contributed by atoms with van der Waals surface area (Å²) in [6.07, 6.45) is 2.08. The molecule has 0 radical (unpaired) electrons. The monoisotopic (exact) mass is 300 g/mol. The Balaban J connectivity index is 1.80. The first-order valence-corrected chi connectivity index (χ1v) is 7.94. The average molecular weight is 301 g/mol. The molecule has 1 unspecified atom stereocenters. The minimum Gasteiger partial charge on any atom is -0.371 e. The van der Waals surface area contributed by atoms with Crippen LogP contribution in [0.5, 0.6) is 0 Å². The Labute approximate surface area is 131 Å². The second-order valence-corrected chi connectivity index (χ2v) is 6.09. The van der Waals surface area contributed by atoms with Gasteiger partial charge >= 0.3 is 0 Å². The molecule has 1 fully saturated rings. The maximum Gasteiger partial charge on any atom is 0.0410 e. The molecule has 2 aromatic carbocycles. The average Bonchev–Trinajstić information content (AvgIpc) is 2.98. The van der Waals surface area contributed by atoms with Crippen molar-refractivity contribution in [1.29, 1.82) is 0 Å². The number of hydrogen-bond acceptors (Lipinski definition) is 2. The summed E-state index contributed by atoms with van der Waals surface area (Å²) in [6, 6.07) is 17.0. The molecule has 1 aliphatic rings. The Morgan fingerprint density at radius 1 is 1.14 bits per heavy atom. The topological polar surface area (TPSA) is 29.3 Å². The third kappa shape index (κ3) is 3.22. The van der Waals surface area contributed by atoms with E-state index in [0.717, 1.165) is 24.5 Å². The molecule has 2 N–H and O–H groups in total. The van der Waals surface area contributed by atoms with Gasteiger partial charge in [0.25, 0.3) is 0 Å². The molecule has 0 aliphatic carbocycles. The summed E-state index contributed by atoms with van der Waals surface area (Å²) in [7, 11) is 0. The summed E-state index contributed by atoms with van der Waals surface area (Å²) in [6.45, 7) is 2.82. The molecule has 1 aliphatic heterocycles. The van der Waals surface area contributed by atoms with E-state index < -0.39 is 0 Å². The smallest absolute Gasteiger partial charge is 0.0410 e. The van der Waals surface area contributed by atoms with Crippen LogP contribution in [0.2, 0.25) is 5.02 Å². The van der Waals surface area contributed by atoms with Crippen LogP contribution in [0.4, 0.5) is 5.69 Å². The number of rotatable bonds is 4. The normalized spacial score (nSPS) is 18.2.